The second-order valence-electron chi connectivity index (χ2n) is 4.78. The van der Waals surface area contributed by atoms with Gasteiger partial charge in [-0.05, 0) is 6.07 Å². The van der Waals surface area contributed by atoms with Crippen LogP contribution >= 0.6 is 11.6 Å². The molecule has 1 N–H and O–H groups in total. The van der Waals surface area contributed by atoms with Crippen LogP contribution in [-0.2, 0) is 4.74 Å². The Hall–Kier alpha value is -2.19. The van der Waals surface area contributed by atoms with Gasteiger partial charge in [0.2, 0.25) is 5.88 Å². The van der Waals surface area contributed by atoms with Crippen LogP contribution in [0.15, 0.2) is 24.7 Å². The maximum atomic E-state index is 12.3. The molecule has 22 heavy (non-hydrogen) atoms. The van der Waals surface area contributed by atoms with E-state index >= 15 is 0 Å². The molecular weight excluding hydrogens is 310 g/mol. The zero-order valence-corrected chi connectivity index (χ0v) is 12.5. The first-order valence-electron chi connectivity index (χ1n) is 6.63. The predicted octanol–water partition coefficient (Wildman–Crippen LogP) is 0.705. The number of ether oxygens (including phenoxy) is 2. The summed E-state index contributed by atoms with van der Waals surface area (Å²) in [6, 6.07) is 1.23. The number of carbonyl (C=O) groups excluding carboxylic acids is 1. The molecule has 1 saturated heterocycles. The van der Waals surface area contributed by atoms with E-state index < -0.39 is 0 Å². The summed E-state index contributed by atoms with van der Waals surface area (Å²) in [6.07, 6.45) is 4.75. The van der Waals surface area contributed by atoms with E-state index in [1.807, 2.05) is 0 Å². The minimum atomic E-state index is -0.280. The largest absolute Gasteiger partial charge is 0.480 e. The molecule has 2 aromatic rings. The number of rotatable bonds is 4. The van der Waals surface area contributed by atoms with E-state index in [4.69, 9.17) is 21.1 Å². The molecule has 0 unspecified atom stereocenters. The molecule has 0 radical (unpaired) electrons. The van der Waals surface area contributed by atoms with Crippen LogP contribution < -0.4 is 10.1 Å². The fourth-order valence-electron chi connectivity index (χ4n) is 2.29. The van der Waals surface area contributed by atoms with Crippen LogP contribution in [0, 0.1) is 0 Å². The summed E-state index contributed by atoms with van der Waals surface area (Å²) in [7, 11) is 1.46. The van der Waals surface area contributed by atoms with Gasteiger partial charge < -0.3 is 14.8 Å². The molecule has 0 saturated carbocycles. The molecule has 1 fully saturated rings. The summed E-state index contributed by atoms with van der Waals surface area (Å²) in [4.78, 5) is 16.3. The van der Waals surface area contributed by atoms with Crippen molar-refractivity contribution in [2.75, 3.05) is 20.3 Å². The van der Waals surface area contributed by atoms with Crippen molar-refractivity contribution in [3.8, 4) is 5.88 Å². The third kappa shape index (κ3) is 2.88. The van der Waals surface area contributed by atoms with Gasteiger partial charge in [0.1, 0.15) is 5.02 Å². The second-order valence-corrected chi connectivity index (χ2v) is 5.19. The highest BCUT2D eigenvalue weighted by atomic mass is 35.5. The molecular formula is C13H14ClN5O3. The lowest BCUT2D eigenvalue weighted by Crippen LogP contribution is -2.41. The normalized spacial score (nSPS) is 20.8. The monoisotopic (exact) mass is 323 g/mol. The van der Waals surface area contributed by atoms with Crippen molar-refractivity contribution in [1.82, 2.24) is 25.3 Å². The van der Waals surface area contributed by atoms with Gasteiger partial charge in [0.05, 0.1) is 44.2 Å². The highest BCUT2D eigenvalue weighted by Crippen LogP contribution is 2.23. The minimum Gasteiger partial charge on any atom is -0.480 e. The second kappa shape index (κ2) is 6.29. The van der Waals surface area contributed by atoms with E-state index in [-0.39, 0.29) is 28.9 Å². The highest BCUT2D eigenvalue weighted by molar-refractivity contribution is 6.32. The molecule has 8 nitrogen and oxygen atoms in total. The Balaban J connectivity index is 1.72. The summed E-state index contributed by atoms with van der Waals surface area (Å²) >= 11 is 5.99. The molecule has 2 aromatic heterocycles. The lowest BCUT2D eigenvalue weighted by atomic mass is 10.1. The standard InChI is InChI=1S/C13H14ClN5O3/c1-21-13-9(14)4-8(5-15-13)12(20)17-10-6-22-7-11(10)19-3-2-16-18-19/h2-5,10-11H,6-7H2,1H3,(H,17,20)/t10-,11+/m0/s1. The van der Waals surface area contributed by atoms with Gasteiger partial charge >= 0.3 is 0 Å². The lowest BCUT2D eigenvalue weighted by Gasteiger charge is -2.18. The molecule has 1 aliphatic rings. The van der Waals surface area contributed by atoms with Gasteiger partial charge in [-0.25, -0.2) is 9.67 Å². The Labute approximate surface area is 131 Å². The van der Waals surface area contributed by atoms with Gasteiger partial charge in [0.15, 0.2) is 0 Å². The molecule has 3 rings (SSSR count). The topological polar surface area (TPSA) is 91.2 Å². The van der Waals surface area contributed by atoms with Crippen LogP contribution in [0.5, 0.6) is 5.88 Å². The van der Waals surface area contributed by atoms with E-state index in [9.17, 15) is 4.79 Å². The molecule has 0 spiro atoms. The van der Waals surface area contributed by atoms with E-state index in [1.165, 1.54) is 19.4 Å². The quantitative estimate of drug-likeness (QED) is 0.891. The third-order valence-electron chi connectivity index (χ3n) is 3.41. The number of hydrogen-bond donors (Lipinski definition) is 1. The van der Waals surface area contributed by atoms with Crippen LogP contribution in [0.1, 0.15) is 16.4 Å². The molecule has 0 aliphatic carbocycles. The maximum Gasteiger partial charge on any atom is 0.253 e. The van der Waals surface area contributed by atoms with E-state index in [0.717, 1.165) is 0 Å². The van der Waals surface area contributed by atoms with Crippen molar-refractivity contribution in [3.63, 3.8) is 0 Å². The first-order valence-corrected chi connectivity index (χ1v) is 7.01. The fourth-order valence-corrected chi connectivity index (χ4v) is 2.53. The third-order valence-corrected chi connectivity index (χ3v) is 3.68. The molecule has 116 valence electrons. The summed E-state index contributed by atoms with van der Waals surface area (Å²) in [5.74, 6) is 0.000534. The highest BCUT2D eigenvalue weighted by Gasteiger charge is 2.32. The van der Waals surface area contributed by atoms with E-state index in [1.54, 1.807) is 17.1 Å². The minimum absolute atomic E-state index is 0.0897. The number of hydrogen-bond acceptors (Lipinski definition) is 6. The molecule has 1 amide bonds. The van der Waals surface area contributed by atoms with Crippen molar-refractivity contribution < 1.29 is 14.3 Å². The zero-order chi connectivity index (χ0) is 15.5. The number of carbonyl (C=O) groups is 1. The summed E-state index contributed by atoms with van der Waals surface area (Å²) in [6.45, 7) is 0.878. The number of nitrogens with one attached hydrogen (secondary N) is 1. The van der Waals surface area contributed by atoms with Crippen LogP contribution in [0.3, 0.4) is 0 Å². The Morgan fingerprint density at radius 2 is 2.41 bits per heavy atom. The van der Waals surface area contributed by atoms with Crippen molar-refractivity contribution in [2.45, 2.75) is 12.1 Å². The average Bonchev–Trinajstić information content (AvgIpc) is 3.17. The molecule has 3 heterocycles. The van der Waals surface area contributed by atoms with Gasteiger partial charge in [-0.1, -0.05) is 16.8 Å². The van der Waals surface area contributed by atoms with Gasteiger partial charge in [-0.15, -0.1) is 5.10 Å². The fraction of sp³-hybridized carbons (Fsp3) is 0.385. The number of methoxy groups -OCH3 is 1. The maximum absolute atomic E-state index is 12.3. The molecule has 2 atom stereocenters. The number of halogens is 1. The Morgan fingerprint density at radius 3 is 3.09 bits per heavy atom. The predicted molar refractivity (Wildman–Crippen MR) is 76.9 cm³/mol. The average molecular weight is 324 g/mol. The lowest BCUT2D eigenvalue weighted by molar-refractivity contribution is 0.0924. The van der Waals surface area contributed by atoms with Crippen molar-refractivity contribution in [1.29, 1.82) is 0 Å². The number of aromatic nitrogens is 4. The van der Waals surface area contributed by atoms with E-state index in [0.29, 0.717) is 18.8 Å². The van der Waals surface area contributed by atoms with Crippen molar-refractivity contribution in [2.24, 2.45) is 0 Å². The SMILES string of the molecule is COc1ncc(C(=O)N[C@H]2COC[C@H]2n2ccnn2)cc1Cl. The van der Waals surface area contributed by atoms with Crippen LogP contribution in [0.2, 0.25) is 5.02 Å². The van der Waals surface area contributed by atoms with Crippen molar-refractivity contribution >= 4 is 17.5 Å². The van der Waals surface area contributed by atoms with Gasteiger partial charge in [0.25, 0.3) is 5.91 Å². The number of amides is 1. The van der Waals surface area contributed by atoms with Gasteiger partial charge in [0, 0.05) is 12.4 Å². The van der Waals surface area contributed by atoms with Crippen LogP contribution in [0.25, 0.3) is 0 Å². The molecule has 0 bridgehead atoms. The zero-order valence-electron chi connectivity index (χ0n) is 11.8. The molecule has 1 aliphatic heterocycles. The smallest absolute Gasteiger partial charge is 0.253 e. The first-order chi connectivity index (χ1) is 10.7. The molecule has 0 aromatic carbocycles. The Kier molecular flexibility index (Phi) is 4.21. The summed E-state index contributed by atoms with van der Waals surface area (Å²) in [5, 5.41) is 10.9. The van der Waals surface area contributed by atoms with E-state index in [2.05, 4.69) is 20.6 Å². The van der Waals surface area contributed by atoms with Crippen LogP contribution in [-0.4, -0.2) is 52.3 Å². The summed E-state index contributed by atoms with van der Waals surface area (Å²) < 4.78 is 12.1. The van der Waals surface area contributed by atoms with Gasteiger partial charge in [-0.3, -0.25) is 4.79 Å². The Morgan fingerprint density at radius 1 is 1.55 bits per heavy atom. The molecule has 9 heteroatoms. The number of pyridine rings is 1. The Bertz CT molecular complexity index is 664. The van der Waals surface area contributed by atoms with Gasteiger partial charge in [-0.2, -0.15) is 0 Å². The first kappa shape index (κ1) is 14.7. The van der Waals surface area contributed by atoms with Crippen LogP contribution in [0.4, 0.5) is 0 Å². The van der Waals surface area contributed by atoms with Crippen molar-refractivity contribution in [3.05, 3.63) is 35.2 Å². The number of nitrogens with zero attached hydrogens (tertiary/aromatic N) is 4. The summed E-state index contributed by atoms with van der Waals surface area (Å²) in [5.41, 5.74) is 0.357.